The van der Waals surface area contributed by atoms with Gasteiger partial charge in [-0.25, -0.2) is 0 Å². The third-order valence-electron chi connectivity index (χ3n) is 5.01. The van der Waals surface area contributed by atoms with Gasteiger partial charge in [0.25, 0.3) is 11.8 Å². The first-order valence-corrected chi connectivity index (χ1v) is 8.38. The predicted octanol–water partition coefficient (Wildman–Crippen LogP) is 2.65. The second-order valence-corrected chi connectivity index (χ2v) is 6.59. The van der Waals surface area contributed by atoms with E-state index in [0.29, 0.717) is 11.1 Å². The summed E-state index contributed by atoms with van der Waals surface area (Å²) in [7, 11) is 0. The van der Waals surface area contributed by atoms with Gasteiger partial charge in [-0.1, -0.05) is 30.3 Å². The van der Waals surface area contributed by atoms with Crippen LogP contribution in [-0.2, 0) is 11.2 Å². The van der Waals surface area contributed by atoms with Gasteiger partial charge in [-0.15, -0.1) is 0 Å². The fourth-order valence-corrected chi connectivity index (χ4v) is 3.77. The molecule has 2 unspecified atom stereocenters. The second-order valence-electron chi connectivity index (χ2n) is 6.59. The van der Waals surface area contributed by atoms with Crippen LogP contribution in [0.2, 0.25) is 0 Å². The molecule has 2 heterocycles. The molecule has 2 aromatic carbocycles. The summed E-state index contributed by atoms with van der Waals surface area (Å²) in [6, 6.07) is 13.6. The SMILES string of the molecule is CC(C(=O)N1c2ccccc2CC1C)N1C(=O)c2ccccc2C1=O. The zero-order valence-electron chi connectivity index (χ0n) is 14.1. The summed E-state index contributed by atoms with van der Waals surface area (Å²) in [5.41, 5.74) is 2.70. The summed E-state index contributed by atoms with van der Waals surface area (Å²) in [5, 5.41) is 0. The van der Waals surface area contributed by atoms with Gasteiger partial charge in [0, 0.05) is 11.7 Å². The van der Waals surface area contributed by atoms with Gasteiger partial charge in [0.05, 0.1) is 11.1 Å². The lowest BCUT2D eigenvalue weighted by Gasteiger charge is -2.29. The van der Waals surface area contributed by atoms with Crippen molar-refractivity contribution in [1.29, 1.82) is 0 Å². The number of fused-ring (bicyclic) bond motifs is 2. The number of amides is 3. The number of carbonyl (C=O) groups is 3. The van der Waals surface area contributed by atoms with E-state index in [9.17, 15) is 14.4 Å². The van der Waals surface area contributed by atoms with Crippen LogP contribution in [0.4, 0.5) is 5.69 Å². The Labute approximate surface area is 145 Å². The number of anilines is 1. The van der Waals surface area contributed by atoms with Crippen LogP contribution in [0, 0.1) is 0 Å². The second kappa shape index (κ2) is 5.55. The quantitative estimate of drug-likeness (QED) is 0.794. The Bertz CT molecular complexity index is 870. The van der Waals surface area contributed by atoms with E-state index >= 15 is 0 Å². The normalized spacial score (nSPS) is 19.8. The summed E-state index contributed by atoms with van der Waals surface area (Å²) in [5.74, 6) is -1.03. The first-order valence-electron chi connectivity index (χ1n) is 8.38. The minimum atomic E-state index is -0.846. The van der Waals surface area contributed by atoms with E-state index in [0.717, 1.165) is 22.6 Å². The van der Waals surface area contributed by atoms with Gasteiger partial charge in [0.15, 0.2) is 0 Å². The molecule has 5 heteroatoms. The smallest absolute Gasteiger partial charge is 0.262 e. The van der Waals surface area contributed by atoms with Crippen LogP contribution in [0.15, 0.2) is 48.5 Å². The van der Waals surface area contributed by atoms with Gasteiger partial charge in [-0.05, 0) is 44.0 Å². The summed E-state index contributed by atoms with van der Waals surface area (Å²) < 4.78 is 0. The highest BCUT2D eigenvalue weighted by atomic mass is 16.2. The van der Waals surface area contributed by atoms with Gasteiger partial charge in [0.2, 0.25) is 5.91 Å². The Morgan fingerprint density at radius 2 is 1.56 bits per heavy atom. The van der Waals surface area contributed by atoms with Gasteiger partial charge >= 0.3 is 0 Å². The standard InChI is InChI=1S/C20H18N2O3/c1-12-11-14-7-3-6-10-17(14)21(12)18(23)13(2)22-19(24)15-8-4-5-9-16(15)20(22)25/h3-10,12-13H,11H2,1-2H3. The lowest BCUT2D eigenvalue weighted by Crippen LogP contribution is -2.51. The molecule has 2 aliphatic rings. The first kappa shape index (κ1) is 15.6. The van der Waals surface area contributed by atoms with Crippen molar-refractivity contribution in [2.75, 3.05) is 4.90 Å². The fourth-order valence-electron chi connectivity index (χ4n) is 3.77. The topological polar surface area (TPSA) is 57.7 Å². The lowest BCUT2D eigenvalue weighted by atomic mass is 10.1. The maximum absolute atomic E-state index is 13.1. The molecule has 0 radical (unpaired) electrons. The summed E-state index contributed by atoms with van der Waals surface area (Å²) in [6.07, 6.45) is 0.775. The molecular formula is C20H18N2O3. The number of rotatable bonds is 2. The Hall–Kier alpha value is -2.95. The Balaban J connectivity index is 1.66. The van der Waals surface area contributed by atoms with Crippen LogP contribution in [0.25, 0.3) is 0 Å². The largest absolute Gasteiger partial charge is 0.307 e. The minimum Gasteiger partial charge on any atom is -0.307 e. The van der Waals surface area contributed by atoms with Crippen molar-refractivity contribution in [2.45, 2.75) is 32.4 Å². The number of nitrogens with zero attached hydrogens (tertiary/aromatic N) is 2. The van der Waals surface area contributed by atoms with Crippen LogP contribution in [-0.4, -0.2) is 34.7 Å². The van der Waals surface area contributed by atoms with Crippen LogP contribution in [0.5, 0.6) is 0 Å². The molecule has 4 rings (SSSR count). The zero-order chi connectivity index (χ0) is 17.7. The van der Waals surface area contributed by atoms with Crippen molar-refractivity contribution in [3.8, 4) is 0 Å². The molecule has 0 aromatic heterocycles. The van der Waals surface area contributed by atoms with Crippen LogP contribution in [0.3, 0.4) is 0 Å². The molecule has 126 valence electrons. The molecular weight excluding hydrogens is 316 g/mol. The monoisotopic (exact) mass is 334 g/mol. The Morgan fingerprint density at radius 1 is 1.00 bits per heavy atom. The van der Waals surface area contributed by atoms with Gasteiger partial charge in [-0.2, -0.15) is 0 Å². The van der Waals surface area contributed by atoms with Crippen molar-refractivity contribution < 1.29 is 14.4 Å². The molecule has 0 spiro atoms. The first-order chi connectivity index (χ1) is 12.0. The summed E-state index contributed by atoms with van der Waals surface area (Å²) >= 11 is 0. The molecule has 5 nitrogen and oxygen atoms in total. The lowest BCUT2D eigenvalue weighted by molar-refractivity contribution is -0.122. The molecule has 2 aliphatic heterocycles. The number of para-hydroxylation sites is 1. The molecule has 0 fully saturated rings. The molecule has 2 atom stereocenters. The third-order valence-corrected chi connectivity index (χ3v) is 5.01. The number of benzene rings is 2. The van der Waals surface area contributed by atoms with E-state index in [-0.39, 0.29) is 11.9 Å². The van der Waals surface area contributed by atoms with Gasteiger partial charge in [-0.3, -0.25) is 19.3 Å². The van der Waals surface area contributed by atoms with Crippen LogP contribution in [0.1, 0.15) is 40.1 Å². The van der Waals surface area contributed by atoms with Crippen molar-refractivity contribution in [3.05, 3.63) is 65.2 Å². The van der Waals surface area contributed by atoms with Gasteiger partial charge in [0.1, 0.15) is 6.04 Å². The number of imide groups is 1. The van der Waals surface area contributed by atoms with Crippen molar-refractivity contribution in [1.82, 2.24) is 4.90 Å². The van der Waals surface area contributed by atoms with Crippen molar-refractivity contribution in [2.24, 2.45) is 0 Å². The molecule has 25 heavy (non-hydrogen) atoms. The number of carbonyl (C=O) groups excluding carboxylic acids is 3. The number of hydrogen-bond acceptors (Lipinski definition) is 3. The maximum atomic E-state index is 13.1. The molecule has 0 bridgehead atoms. The summed E-state index contributed by atoms with van der Waals surface area (Å²) in [6.45, 7) is 3.60. The highest BCUT2D eigenvalue weighted by Crippen LogP contribution is 2.33. The highest BCUT2D eigenvalue weighted by Gasteiger charge is 2.43. The van der Waals surface area contributed by atoms with Crippen molar-refractivity contribution >= 4 is 23.4 Å². The molecule has 0 saturated carbocycles. The van der Waals surface area contributed by atoms with Crippen LogP contribution < -0.4 is 4.90 Å². The molecule has 3 amide bonds. The molecule has 0 aliphatic carbocycles. The average Bonchev–Trinajstić information content (AvgIpc) is 3.08. The van der Waals surface area contributed by atoms with E-state index in [1.807, 2.05) is 31.2 Å². The molecule has 2 aromatic rings. The van der Waals surface area contributed by atoms with E-state index in [1.165, 1.54) is 0 Å². The van der Waals surface area contributed by atoms with Gasteiger partial charge < -0.3 is 4.90 Å². The predicted molar refractivity (Wildman–Crippen MR) is 93.5 cm³/mol. The minimum absolute atomic E-state index is 0.00234. The zero-order valence-corrected chi connectivity index (χ0v) is 14.1. The molecule has 0 N–H and O–H groups in total. The van der Waals surface area contributed by atoms with Crippen LogP contribution >= 0.6 is 0 Å². The van der Waals surface area contributed by atoms with E-state index < -0.39 is 17.9 Å². The summed E-state index contributed by atoms with van der Waals surface area (Å²) in [4.78, 5) is 41.2. The fraction of sp³-hybridized carbons (Fsp3) is 0.250. The average molecular weight is 334 g/mol. The third kappa shape index (κ3) is 2.19. The van der Waals surface area contributed by atoms with E-state index in [1.54, 1.807) is 36.1 Å². The Morgan fingerprint density at radius 3 is 2.20 bits per heavy atom. The Kier molecular flexibility index (Phi) is 3.46. The maximum Gasteiger partial charge on any atom is 0.262 e. The van der Waals surface area contributed by atoms with Crippen molar-refractivity contribution in [3.63, 3.8) is 0 Å². The highest BCUT2D eigenvalue weighted by molar-refractivity contribution is 6.23. The molecule has 0 saturated heterocycles. The van der Waals surface area contributed by atoms with E-state index in [2.05, 4.69) is 0 Å². The number of hydrogen-bond donors (Lipinski definition) is 0. The van der Waals surface area contributed by atoms with E-state index in [4.69, 9.17) is 0 Å².